The first kappa shape index (κ1) is 20.3. The Morgan fingerprint density at radius 1 is 1.00 bits per heavy atom. The highest BCUT2D eigenvalue weighted by Crippen LogP contribution is 2.31. The first-order valence-electron chi connectivity index (χ1n) is 9.88. The number of nitrogens with zero attached hydrogens (tertiary/aromatic N) is 2. The van der Waals surface area contributed by atoms with Gasteiger partial charge in [-0.15, -0.1) is 0 Å². The predicted octanol–water partition coefficient (Wildman–Crippen LogP) is 5.07. The number of amides is 1. The number of hydrogen-bond acceptors (Lipinski definition) is 4. The molecular formula is C25H21FN2O3. The van der Waals surface area contributed by atoms with E-state index in [9.17, 15) is 9.18 Å². The third-order valence-corrected chi connectivity index (χ3v) is 4.81. The van der Waals surface area contributed by atoms with E-state index >= 15 is 0 Å². The maximum Gasteiger partial charge on any atom is 0.282 e. The molecule has 0 saturated carbocycles. The summed E-state index contributed by atoms with van der Waals surface area (Å²) in [5.41, 5.74) is 1.71. The van der Waals surface area contributed by atoms with Gasteiger partial charge in [0.1, 0.15) is 23.0 Å². The molecule has 0 spiro atoms. The van der Waals surface area contributed by atoms with Gasteiger partial charge >= 0.3 is 0 Å². The molecule has 6 heteroatoms. The summed E-state index contributed by atoms with van der Waals surface area (Å²) in [6, 6.07) is 20.6. The molecule has 0 aromatic heterocycles. The Morgan fingerprint density at radius 2 is 1.71 bits per heavy atom. The lowest BCUT2D eigenvalue weighted by Gasteiger charge is -2.19. The van der Waals surface area contributed by atoms with Gasteiger partial charge in [-0.05, 0) is 55.5 Å². The fraction of sp³-hybridized carbons (Fsp3) is 0.120. The quantitative estimate of drug-likeness (QED) is 0.528. The number of benzene rings is 3. The molecule has 5 nitrogen and oxygen atoms in total. The van der Waals surface area contributed by atoms with E-state index < -0.39 is 5.82 Å². The molecule has 0 atom stereocenters. The number of anilines is 1. The molecule has 3 aromatic rings. The molecule has 0 unspecified atom stereocenters. The van der Waals surface area contributed by atoms with Crippen LogP contribution in [0.1, 0.15) is 18.1 Å². The van der Waals surface area contributed by atoms with Crippen molar-refractivity contribution >= 4 is 23.5 Å². The van der Waals surface area contributed by atoms with Crippen LogP contribution in [-0.2, 0) is 4.79 Å². The summed E-state index contributed by atoms with van der Waals surface area (Å²) in [5, 5.41) is 0. The van der Waals surface area contributed by atoms with Crippen LogP contribution in [0.4, 0.5) is 10.1 Å². The summed E-state index contributed by atoms with van der Waals surface area (Å²) < 4.78 is 25.5. The number of halogens is 1. The number of carbonyl (C=O) groups is 1. The van der Waals surface area contributed by atoms with Gasteiger partial charge in [0.25, 0.3) is 5.91 Å². The Balaban J connectivity index is 1.82. The number of hydrogen-bond donors (Lipinski definition) is 0. The van der Waals surface area contributed by atoms with E-state index in [0.717, 1.165) is 0 Å². The molecular weight excluding hydrogens is 395 g/mol. The van der Waals surface area contributed by atoms with E-state index in [2.05, 4.69) is 4.99 Å². The molecule has 156 valence electrons. The minimum absolute atomic E-state index is 0.191. The standard InChI is InChI=1S/C25H21FN2O3/c1-3-31-19-14-12-18(13-15-19)28-24(20-9-5-6-10-21(20)26)27-22(25(28)29)16-17-8-4-7-11-23(17)30-2/h4-16H,3H2,1-2H3/b22-16+. The van der Waals surface area contributed by atoms with Crippen molar-refractivity contribution < 1.29 is 18.7 Å². The molecule has 31 heavy (non-hydrogen) atoms. The van der Waals surface area contributed by atoms with E-state index in [1.807, 2.05) is 25.1 Å². The van der Waals surface area contributed by atoms with Crippen LogP contribution < -0.4 is 14.4 Å². The van der Waals surface area contributed by atoms with Gasteiger partial charge in [-0.2, -0.15) is 0 Å². The number of rotatable bonds is 6. The Bertz CT molecular complexity index is 1170. The molecule has 1 aliphatic heterocycles. The zero-order valence-corrected chi connectivity index (χ0v) is 17.2. The van der Waals surface area contributed by atoms with Crippen molar-refractivity contribution in [2.75, 3.05) is 18.6 Å². The highest BCUT2D eigenvalue weighted by Gasteiger charge is 2.33. The zero-order chi connectivity index (χ0) is 21.8. The van der Waals surface area contributed by atoms with Gasteiger partial charge < -0.3 is 9.47 Å². The smallest absolute Gasteiger partial charge is 0.282 e. The summed E-state index contributed by atoms with van der Waals surface area (Å²) in [6.07, 6.45) is 1.65. The number of aliphatic imine (C=N–C) groups is 1. The number of carbonyl (C=O) groups excluding carboxylic acids is 1. The van der Waals surface area contributed by atoms with Gasteiger partial charge in [0, 0.05) is 5.56 Å². The largest absolute Gasteiger partial charge is 0.496 e. The van der Waals surface area contributed by atoms with Gasteiger partial charge in [-0.25, -0.2) is 9.38 Å². The van der Waals surface area contributed by atoms with Crippen LogP contribution in [-0.4, -0.2) is 25.5 Å². The van der Waals surface area contributed by atoms with Crippen molar-refractivity contribution in [2.45, 2.75) is 6.92 Å². The van der Waals surface area contributed by atoms with Crippen molar-refractivity contribution in [3.8, 4) is 11.5 Å². The SMILES string of the molecule is CCOc1ccc(N2C(=O)/C(=C\c3ccccc3OC)N=C2c2ccccc2F)cc1. The van der Waals surface area contributed by atoms with E-state index in [1.54, 1.807) is 61.7 Å². The summed E-state index contributed by atoms with van der Waals surface area (Å²) in [4.78, 5) is 19.3. The number of ether oxygens (including phenoxy) is 2. The van der Waals surface area contributed by atoms with Crippen LogP contribution in [0.25, 0.3) is 6.08 Å². The lowest BCUT2D eigenvalue weighted by molar-refractivity contribution is -0.113. The third kappa shape index (κ3) is 4.05. The molecule has 1 aliphatic rings. The lowest BCUT2D eigenvalue weighted by Crippen LogP contribution is -2.33. The van der Waals surface area contributed by atoms with Crippen LogP contribution in [0.2, 0.25) is 0 Å². The van der Waals surface area contributed by atoms with Crippen LogP contribution >= 0.6 is 0 Å². The van der Waals surface area contributed by atoms with E-state index in [4.69, 9.17) is 9.47 Å². The summed E-state index contributed by atoms with van der Waals surface area (Å²) in [7, 11) is 1.56. The van der Waals surface area contributed by atoms with E-state index in [0.29, 0.717) is 29.4 Å². The van der Waals surface area contributed by atoms with Gasteiger partial charge in [0.05, 0.1) is 25.0 Å². The van der Waals surface area contributed by atoms with Gasteiger partial charge in [0.2, 0.25) is 0 Å². The van der Waals surface area contributed by atoms with E-state index in [1.165, 1.54) is 11.0 Å². The summed E-state index contributed by atoms with van der Waals surface area (Å²) in [6.45, 7) is 2.44. The molecule has 0 radical (unpaired) electrons. The van der Waals surface area contributed by atoms with Crippen LogP contribution in [0.5, 0.6) is 11.5 Å². The van der Waals surface area contributed by atoms with Crippen LogP contribution in [0, 0.1) is 5.82 Å². The number of methoxy groups -OCH3 is 1. The molecule has 0 N–H and O–H groups in total. The average Bonchev–Trinajstić information content (AvgIpc) is 3.11. The lowest BCUT2D eigenvalue weighted by atomic mass is 10.1. The second-order valence-electron chi connectivity index (χ2n) is 6.75. The van der Waals surface area contributed by atoms with Gasteiger partial charge in [-0.1, -0.05) is 30.3 Å². The Labute approximate surface area is 180 Å². The monoisotopic (exact) mass is 416 g/mol. The second kappa shape index (κ2) is 8.83. The molecule has 3 aromatic carbocycles. The third-order valence-electron chi connectivity index (χ3n) is 4.81. The summed E-state index contributed by atoms with van der Waals surface area (Å²) >= 11 is 0. The van der Waals surface area contributed by atoms with Crippen molar-refractivity contribution in [1.82, 2.24) is 0 Å². The molecule has 4 rings (SSSR count). The van der Waals surface area contributed by atoms with Gasteiger partial charge in [0.15, 0.2) is 5.84 Å². The number of para-hydroxylation sites is 1. The molecule has 0 fully saturated rings. The van der Waals surface area contributed by atoms with Crippen molar-refractivity contribution in [1.29, 1.82) is 0 Å². The van der Waals surface area contributed by atoms with Crippen LogP contribution in [0.15, 0.2) is 83.5 Å². The fourth-order valence-electron chi connectivity index (χ4n) is 3.37. The fourth-order valence-corrected chi connectivity index (χ4v) is 3.37. The maximum absolute atomic E-state index is 14.6. The van der Waals surface area contributed by atoms with Crippen molar-refractivity contribution in [2.24, 2.45) is 4.99 Å². The highest BCUT2D eigenvalue weighted by molar-refractivity contribution is 6.33. The Morgan fingerprint density at radius 3 is 2.42 bits per heavy atom. The first-order chi connectivity index (χ1) is 15.1. The van der Waals surface area contributed by atoms with Gasteiger partial charge in [-0.3, -0.25) is 9.69 Å². The van der Waals surface area contributed by atoms with Crippen LogP contribution in [0.3, 0.4) is 0 Å². The molecule has 0 bridgehead atoms. The highest BCUT2D eigenvalue weighted by atomic mass is 19.1. The second-order valence-corrected chi connectivity index (χ2v) is 6.75. The topological polar surface area (TPSA) is 51.1 Å². The summed E-state index contributed by atoms with van der Waals surface area (Å²) in [5.74, 6) is 0.724. The minimum Gasteiger partial charge on any atom is -0.496 e. The molecule has 0 aliphatic carbocycles. The van der Waals surface area contributed by atoms with Crippen molar-refractivity contribution in [3.63, 3.8) is 0 Å². The van der Waals surface area contributed by atoms with E-state index in [-0.39, 0.29) is 23.0 Å². The predicted molar refractivity (Wildman–Crippen MR) is 119 cm³/mol. The normalized spacial score (nSPS) is 14.7. The average molecular weight is 416 g/mol. The van der Waals surface area contributed by atoms with Crippen molar-refractivity contribution in [3.05, 3.63) is 95.4 Å². The number of amidine groups is 1. The first-order valence-corrected chi connectivity index (χ1v) is 9.88. The zero-order valence-electron chi connectivity index (χ0n) is 17.2. The Hall–Kier alpha value is -3.93. The molecule has 1 amide bonds. The minimum atomic E-state index is -0.455. The molecule has 1 heterocycles. The Kier molecular flexibility index (Phi) is 5.80. The molecule has 0 saturated heterocycles. The maximum atomic E-state index is 14.6.